The van der Waals surface area contributed by atoms with Crippen LogP contribution in [0.4, 0.5) is 5.13 Å². The molecule has 7 heteroatoms. The van der Waals surface area contributed by atoms with Gasteiger partial charge in [-0.1, -0.05) is 19.4 Å². The summed E-state index contributed by atoms with van der Waals surface area (Å²) in [5.74, 6) is 0.00974. The number of carbonyl (C=O) groups is 2. The van der Waals surface area contributed by atoms with Crippen molar-refractivity contribution in [1.29, 1.82) is 0 Å². The molecule has 5 nitrogen and oxygen atoms in total. The number of nitrogens with one attached hydrogen (secondary N) is 1. The number of amides is 2. The Kier molecular flexibility index (Phi) is 7.39. The predicted octanol–water partition coefficient (Wildman–Crippen LogP) is 3.58. The lowest BCUT2D eigenvalue weighted by atomic mass is 10.2. The molecule has 130 valence electrons. The smallest absolute Gasteiger partial charge is 0.231 e. The van der Waals surface area contributed by atoms with Crippen molar-refractivity contribution < 1.29 is 9.59 Å². The van der Waals surface area contributed by atoms with E-state index in [9.17, 15) is 9.59 Å². The van der Waals surface area contributed by atoms with E-state index in [-0.39, 0.29) is 18.2 Å². The summed E-state index contributed by atoms with van der Waals surface area (Å²) in [6.45, 7) is 5.61. The van der Waals surface area contributed by atoms with Gasteiger partial charge >= 0.3 is 0 Å². The summed E-state index contributed by atoms with van der Waals surface area (Å²) in [5.41, 5.74) is 0.714. The maximum absolute atomic E-state index is 12.3. The van der Waals surface area contributed by atoms with Crippen LogP contribution in [-0.2, 0) is 22.4 Å². The highest BCUT2D eigenvalue weighted by atomic mass is 32.1. The summed E-state index contributed by atoms with van der Waals surface area (Å²) >= 11 is 2.92. The Labute approximate surface area is 150 Å². The fraction of sp³-hybridized carbons (Fsp3) is 0.471. The lowest BCUT2D eigenvalue weighted by molar-refractivity contribution is -0.130. The highest BCUT2D eigenvalue weighted by molar-refractivity contribution is 7.14. The minimum Gasteiger partial charge on any atom is -0.343 e. The first-order valence-corrected chi connectivity index (χ1v) is 9.92. The lowest BCUT2D eigenvalue weighted by Crippen LogP contribution is -2.33. The molecule has 2 amide bonds. The van der Waals surface area contributed by atoms with Gasteiger partial charge in [0.1, 0.15) is 0 Å². The van der Waals surface area contributed by atoms with Crippen molar-refractivity contribution in [3.63, 3.8) is 0 Å². The molecule has 0 saturated carbocycles. The Morgan fingerprint density at radius 2 is 2.08 bits per heavy atom. The second kappa shape index (κ2) is 9.54. The van der Waals surface area contributed by atoms with Crippen molar-refractivity contribution in [2.45, 2.75) is 39.5 Å². The van der Waals surface area contributed by atoms with Gasteiger partial charge in [-0.2, -0.15) is 0 Å². The van der Waals surface area contributed by atoms with Crippen molar-refractivity contribution in [2.75, 3.05) is 18.4 Å². The molecule has 24 heavy (non-hydrogen) atoms. The number of thiazole rings is 1. The molecule has 0 aliphatic carbocycles. The van der Waals surface area contributed by atoms with E-state index >= 15 is 0 Å². The number of nitrogens with zero attached hydrogens (tertiary/aromatic N) is 2. The van der Waals surface area contributed by atoms with Gasteiger partial charge in [-0.05, 0) is 24.8 Å². The van der Waals surface area contributed by atoms with Crippen molar-refractivity contribution >= 4 is 39.6 Å². The average Bonchev–Trinajstić information content (AvgIpc) is 3.20. The standard InChI is InChI=1S/C17H23N3O2S2/c1-3-5-8-20(4-2)16(22)10-13-12-24-17(18-13)19-15(21)11-14-7-6-9-23-14/h6-7,9,12H,3-5,8,10-11H2,1-2H3,(H,18,19,21). The summed E-state index contributed by atoms with van der Waals surface area (Å²) < 4.78 is 0. The molecule has 0 spiro atoms. The number of unbranched alkanes of at least 4 members (excludes halogenated alkanes) is 1. The fourth-order valence-electron chi connectivity index (χ4n) is 2.26. The molecular weight excluding hydrogens is 342 g/mol. The first kappa shape index (κ1) is 18.6. The molecule has 2 aromatic heterocycles. The Hall–Kier alpha value is -1.73. The van der Waals surface area contributed by atoms with E-state index in [1.165, 1.54) is 11.3 Å². The molecule has 0 atom stereocenters. The Bertz CT molecular complexity index is 653. The summed E-state index contributed by atoms with van der Waals surface area (Å²) in [4.78, 5) is 31.5. The number of aromatic nitrogens is 1. The number of thiophene rings is 1. The van der Waals surface area contributed by atoms with Crippen LogP contribution in [0.15, 0.2) is 22.9 Å². The number of hydrogen-bond donors (Lipinski definition) is 1. The molecule has 0 saturated heterocycles. The van der Waals surface area contributed by atoms with E-state index in [4.69, 9.17) is 0 Å². The van der Waals surface area contributed by atoms with Gasteiger partial charge in [0, 0.05) is 23.3 Å². The van der Waals surface area contributed by atoms with Gasteiger partial charge in [-0.3, -0.25) is 9.59 Å². The first-order valence-electron chi connectivity index (χ1n) is 8.16. The highest BCUT2D eigenvalue weighted by Gasteiger charge is 2.14. The van der Waals surface area contributed by atoms with Crippen LogP contribution < -0.4 is 5.32 Å². The molecule has 0 bridgehead atoms. The van der Waals surface area contributed by atoms with Crippen LogP contribution in [0.3, 0.4) is 0 Å². The average molecular weight is 366 g/mol. The third kappa shape index (κ3) is 5.72. The van der Waals surface area contributed by atoms with Gasteiger partial charge in [0.15, 0.2) is 5.13 Å². The quantitative estimate of drug-likeness (QED) is 0.739. The van der Waals surface area contributed by atoms with Crippen molar-refractivity contribution in [3.8, 4) is 0 Å². The van der Waals surface area contributed by atoms with Crippen LogP contribution in [-0.4, -0.2) is 34.8 Å². The van der Waals surface area contributed by atoms with E-state index in [0.717, 1.165) is 24.3 Å². The third-order valence-electron chi connectivity index (χ3n) is 3.56. The third-order valence-corrected chi connectivity index (χ3v) is 5.24. The maximum Gasteiger partial charge on any atom is 0.231 e. The molecule has 0 fully saturated rings. The molecule has 0 radical (unpaired) electrons. The number of likely N-dealkylation sites (N-methyl/N-ethyl adjacent to an activating group) is 1. The van der Waals surface area contributed by atoms with Crippen LogP contribution in [0, 0.1) is 0 Å². The van der Waals surface area contributed by atoms with Crippen LogP contribution >= 0.6 is 22.7 Å². The zero-order chi connectivity index (χ0) is 17.4. The molecule has 0 aliphatic heterocycles. The van der Waals surface area contributed by atoms with Crippen LogP contribution in [0.25, 0.3) is 0 Å². The topological polar surface area (TPSA) is 62.3 Å². The van der Waals surface area contributed by atoms with Gasteiger partial charge in [0.2, 0.25) is 11.8 Å². The van der Waals surface area contributed by atoms with E-state index < -0.39 is 0 Å². The monoisotopic (exact) mass is 365 g/mol. The molecule has 2 rings (SSSR count). The van der Waals surface area contributed by atoms with Gasteiger partial charge in [0.05, 0.1) is 18.5 Å². The van der Waals surface area contributed by atoms with Gasteiger partial charge in [0.25, 0.3) is 0 Å². The fourth-order valence-corrected chi connectivity index (χ4v) is 3.69. The summed E-state index contributed by atoms with van der Waals surface area (Å²) in [6, 6.07) is 3.87. The minimum atomic E-state index is -0.0807. The van der Waals surface area contributed by atoms with E-state index in [0.29, 0.717) is 23.8 Å². The summed E-state index contributed by atoms with van der Waals surface area (Å²) in [7, 11) is 0. The lowest BCUT2D eigenvalue weighted by Gasteiger charge is -2.20. The van der Waals surface area contributed by atoms with E-state index in [1.54, 1.807) is 11.3 Å². The predicted molar refractivity (Wildman–Crippen MR) is 99.6 cm³/mol. The molecule has 0 aliphatic rings. The second-order valence-electron chi connectivity index (χ2n) is 5.45. The van der Waals surface area contributed by atoms with Crippen LogP contribution in [0.1, 0.15) is 37.3 Å². The SMILES string of the molecule is CCCCN(CC)C(=O)Cc1csc(NC(=O)Cc2cccs2)n1. The number of rotatable bonds is 9. The first-order chi connectivity index (χ1) is 11.6. The van der Waals surface area contributed by atoms with Gasteiger partial charge in [-0.15, -0.1) is 22.7 Å². The Morgan fingerprint density at radius 3 is 2.75 bits per heavy atom. The number of anilines is 1. The molecule has 0 unspecified atom stereocenters. The normalized spacial score (nSPS) is 10.6. The van der Waals surface area contributed by atoms with Crippen LogP contribution in [0.2, 0.25) is 0 Å². The maximum atomic E-state index is 12.3. The Morgan fingerprint density at radius 1 is 1.25 bits per heavy atom. The zero-order valence-corrected chi connectivity index (χ0v) is 15.7. The number of carbonyl (C=O) groups excluding carboxylic acids is 2. The second-order valence-corrected chi connectivity index (χ2v) is 7.34. The largest absolute Gasteiger partial charge is 0.343 e. The molecule has 2 heterocycles. The Balaban J connectivity index is 1.85. The molecule has 0 aromatic carbocycles. The molecule has 2 aromatic rings. The van der Waals surface area contributed by atoms with Gasteiger partial charge in [-0.25, -0.2) is 4.98 Å². The van der Waals surface area contributed by atoms with E-state index in [1.807, 2.05) is 34.7 Å². The van der Waals surface area contributed by atoms with Crippen molar-refractivity contribution in [1.82, 2.24) is 9.88 Å². The van der Waals surface area contributed by atoms with Crippen molar-refractivity contribution in [2.24, 2.45) is 0 Å². The molecular formula is C17H23N3O2S2. The highest BCUT2D eigenvalue weighted by Crippen LogP contribution is 2.17. The molecule has 1 N–H and O–H groups in total. The minimum absolute atomic E-state index is 0.0807. The zero-order valence-electron chi connectivity index (χ0n) is 14.1. The van der Waals surface area contributed by atoms with Gasteiger partial charge < -0.3 is 10.2 Å². The van der Waals surface area contributed by atoms with Crippen molar-refractivity contribution in [3.05, 3.63) is 33.5 Å². The number of hydrogen-bond acceptors (Lipinski definition) is 5. The van der Waals surface area contributed by atoms with Crippen LogP contribution in [0.5, 0.6) is 0 Å². The van der Waals surface area contributed by atoms with E-state index in [2.05, 4.69) is 17.2 Å². The summed E-state index contributed by atoms with van der Waals surface area (Å²) in [5, 5.41) is 7.15. The summed E-state index contributed by atoms with van der Waals surface area (Å²) in [6.07, 6.45) is 2.72.